The van der Waals surface area contributed by atoms with Gasteiger partial charge in [0.15, 0.2) is 5.82 Å². The molecule has 0 aliphatic heterocycles. The second-order valence-electron chi connectivity index (χ2n) is 7.61. The lowest BCUT2D eigenvalue weighted by Gasteiger charge is -2.15. The summed E-state index contributed by atoms with van der Waals surface area (Å²) in [6.07, 6.45) is 4.17. The lowest BCUT2D eigenvalue weighted by Crippen LogP contribution is -2.33. The first-order valence-electron chi connectivity index (χ1n) is 10.5. The maximum absolute atomic E-state index is 12.3. The van der Waals surface area contributed by atoms with Gasteiger partial charge in [-0.15, -0.1) is 0 Å². The van der Waals surface area contributed by atoms with Gasteiger partial charge in [0, 0.05) is 37.5 Å². The fourth-order valence-electron chi connectivity index (χ4n) is 3.31. The van der Waals surface area contributed by atoms with E-state index in [1.165, 1.54) is 36.2 Å². The Bertz CT molecular complexity index is 1300. The number of aromatic nitrogens is 3. The number of pyridine rings is 1. The summed E-state index contributed by atoms with van der Waals surface area (Å²) in [6, 6.07) is 9.53. The minimum atomic E-state index is -0.730. The van der Waals surface area contributed by atoms with Gasteiger partial charge in [-0.25, -0.2) is 9.97 Å². The molecule has 2 heterocycles. The Balaban J connectivity index is 1.94. The van der Waals surface area contributed by atoms with E-state index in [0.717, 1.165) is 5.56 Å². The average molecular weight is 462 g/mol. The number of benzene rings is 1. The van der Waals surface area contributed by atoms with Crippen LogP contribution in [0.4, 0.5) is 5.82 Å². The van der Waals surface area contributed by atoms with Crippen molar-refractivity contribution < 1.29 is 9.90 Å². The molecule has 0 saturated heterocycles. The number of aliphatic hydroxyl groups is 1. The van der Waals surface area contributed by atoms with E-state index in [0.29, 0.717) is 23.4 Å². The molecule has 3 rings (SSSR count). The third-order valence-corrected chi connectivity index (χ3v) is 5.25. The van der Waals surface area contributed by atoms with Crippen LogP contribution in [0.15, 0.2) is 59.7 Å². The number of aliphatic hydroxyl groups excluding tert-OH is 1. The second-order valence-corrected chi connectivity index (χ2v) is 7.61. The molecule has 1 aromatic carbocycles. The summed E-state index contributed by atoms with van der Waals surface area (Å²) in [5, 5.41) is 24.5. The number of hydrogen-bond acceptors (Lipinski definition) is 8. The summed E-state index contributed by atoms with van der Waals surface area (Å²) >= 11 is 0. The Morgan fingerprint density at radius 1 is 1.24 bits per heavy atom. The number of nitrogens with zero attached hydrogens (tertiary/aromatic N) is 3. The zero-order chi connectivity index (χ0) is 24.8. The van der Waals surface area contributed by atoms with E-state index in [-0.39, 0.29) is 34.4 Å². The molecule has 0 aliphatic rings. The van der Waals surface area contributed by atoms with E-state index >= 15 is 0 Å². The number of carbonyl (C=O) groups is 1. The number of allylic oxidation sites excluding steroid dienone is 1. The lowest BCUT2D eigenvalue weighted by molar-refractivity contribution is -0.123. The third-order valence-electron chi connectivity index (χ3n) is 5.25. The molecule has 34 heavy (non-hydrogen) atoms. The molecule has 10 nitrogen and oxygen atoms in total. The second kappa shape index (κ2) is 10.5. The van der Waals surface area contributed by atoms with Crippen LogP contribution in [0.1, 0.15) is 29.8 Å². The van der Waals surface area contributed by atoms with Crippen LogP contribution in [0, 0.1) is 5.41 Å². The Kier molecular flexibility index (Phi) is 7.54. The van der Waals surface area contributed by atoms with Crippen molar-refractivity contribution in [1.82, 2.24) is 25.2 Å². The summed E-state index contributed by atoms with van der Waals surface area (Å²) in [7, 11) is 3.35. The predicted molar refractivity (Wildman–Crippen MR) is 132 cm³/mol. The summed E-state index contributed by atoms with van der Waals surface area (Å²) in [5.41, 5.74) is 8.20. The Morgan fingerprint density at radius 2 is 1.94 bits per heavy atom. The average Bonchev–Trinajstić information content (AvgIpc) is 2.84. The Labute approximate surface area is 196 Å². The molecule has 3 aromatic rings. The SMILES string of the molecule is CNCc1ccc(C(=N)/C=C(\O)c2nc(-c3ccc(=O)n(C(C)C(=O)NC)c3)cnc2N)cc1. The fraction of sp³-hybridized carbons (Fsp3) is 0.208. The molecule has 0 saturated carbocycles. The Morgan fingerprint density at radius 3 is 2.59 bits per heavy atom. The van der Waals surface area contributed by atoms with Crippen molar-refractivity contribution in [2.24, 2.45) is 0 Å². The summed E-state index contributed by atoms with van der Waals surface area (Å²) in [5.74, 6) is -0.647. The van der Waals surface area contributed by atoms with Gasteiger partial charge in [0.1, 0.15) is 17.5 Å². The number of likely N-dealkylation sites (N-methyl/N-ethyl adjacent to an activating group) is 1. The van der Waals surface area contributed by atoms with Crippen molar-refractivity contribution in [2.75, 3.05) is 19.8 Å². The molecular weight excluding hydrogens is 434 g/mol. The van der Waals surface area contributed by atoms with E-state index in [2.05, 4.69) is 20.6 Å². The molecule has 10 heteroatoms. The van der Waals surface area contributed by atoms with Gasteiger partial charge in [0.05, 0.1) is 17.6 Å². The summed E-state index contributed by atoms with van der Waals surface area (Å²) in [4.78, 5) is 32.8. The number of carbonyl (C=O) groups excluding carboxylic acids is 1. The van der Waals surface area contributed by atoms with Gasteiger partial charge in [-0.2, -0.15) is 0 Å². The van der Waals surface area contributed by atoms with E-state index in [1.54, 1.807) is 25.1 Å². The highest BCUT2D eigenvalue weighted by atomic mass is 16.3. The maximum Gasteiger partial charge on any atom is 0.251 e. The summed E-state index contributed by atoms with van der Waals surface area (Å²) < 4.78 is 1.29. The topological polar surface area (TPSA) is 159 Å². The maximum atomic E-state index is 12.3. The molecule has 0 radical (unpaired) electrons. The van der Waals surface area contributed by atoms with E-state index in [9.17, 15) is 14.7 Å². The molecule has 1 atom stereocenters. The van der Waals surface area contributed by atoms with Crippen molar-refractivity contribution in [1.29, 1.82) is 5.41 Å². The minimum Gasteiger partial charge on any atom is -0.505 e. The van der Waals surface area contributed by atoms with Crippen molar-refractivity contribution in [3.63, 3.8) is 0 Å². The molecule has 1 unspecified atom stereocenters. The molecule has 0 fully saturated rings. The number of nitrogens with one attached hydrogen (secondary N) is 3. The zero-order valence-corrected chi connectivity index (χ0v) is 19.2. The zero-order valence-electron chi connectivity index (χ0n) is 19.2. The minimum absolute atomic E-state index is 0.00570. The number of anilines is 1. The van der Waals surface area contributed by atoms with Gasteiger partial charge in [0.25, 0.3) is 5.56 Å². The van der Waals surface area contributed by atoms with Gasteiger partial charge in [-0.1, -0.05) is 24.3 Å². The molecule has 1 amide bonds. The van der Waals surface area contributed by atoms with Crippen LogP contribution in [-0.2, 0) is 11.3 Å². The smallest absolute Gasteiger partial charge is 0.251 e. The highest BCUT2D eigenvalue weighted by molar-refractivity contribution is 6.09. The first-order valence-corrected chi connectivity index (χ1v) is 10.5. The van der Waals surface area contributed by atoms with Crippen molar-refractivity contribution in [2.45, 2.75) is 19.5 Å². The number of rotatable bonds is 8. The van der Waals surface area contributed by atoms with Crippen molar-refractivity contribution in [3.8, 4) is 11.3 Å². The predicted octanol–water partition coefficient (Wildman–Crippen LogP) is 1.88. The van der Waals surface area contributed by atoms with Gasteiger partial charge in [0.2, 0.25) is 5.91 Å². The van der Waals surface area contributed by atoms with Crippen LogP contribution in [-0.4, -0.2) is 45.4 Å². The number of hydrogen-bond donors (Lipinski definition) is 5. The van der Waals surface area contributed by atoms with Crippen LogP contribution in [0.2, 0.25) is 0 Å². The van der Waals surface area contributed by atoms with Gasteiger partial charge in [-0.3, -0.25) is 9.59 Å². The largest absolute Gasteiger partial charge is 0.505 e. The monoisotopic (exact) mass is 461 g/mol. The van der Waals surface area contributed by atoms with Crippen LogP contribution in [0.25, 0.3) is 17.0 Å². The molecule has 176 valence electrons. The molecule has 0 spiro atoms. The van der Waals surface area contributed by atoms with E-state index < -0.39 is 6.04 Å². The standard InChI is InChI=1S/C24H27N7O3/c1-14(24(34)28-3)31-13-17(8-9-21(31)33)19-12-29-23(26)22(30-19)20(32)10-18(25)16-6-4-15(5-7-16)11-27-2/h4-10,12-14,25,27,32H,11H2,1-3H3,(H2,26,29)(H,28,34)/b20-10-,25-18?. The third kappa shape index (κ3) is 5.36. The number of amides is 1. The molecule has 0 bridgehead atoms. The highest BCUT2D eigenvalue weighted by Gasteiger charge is 2.17. The molecular formula is C24H27N7O3. The normalized spacial score (nSPS) is 12.3. The van der Waals surface area contributed by atoms with Crippen LogP contribution in [0.3, 0.4) is 0 Å². The molecule has 2 aromatic heterocycles. The van der Waals surface area contributed by atoms with E-state index in [1.807, 2.05) is 19.2 Å². The van der Waals surface area contributed by atoms with Gasteiger partial charge < -0.3 is 31.5 Å². The first kappa shape index (κ1) is 24.3. The molecule has 6 N–H and O–H groups in total. The quantitative estimate of drug-likeness (QED) is 0.253. The fourth-order valence-corrected chi connectivity index (χ4v) is 3.31. The highest BCUT2D eigenvalue weighted by Crippen LogP contribution is 2.22. The van der Waals surface area contributed by atoms with Gasteiger partial charge >= 0.3 is 0 Å². The number of nitrogen functional groups attached to an aromatic ring is 1. The Hall–Kier alpha value is -4.31. The molecule has 0 aliphatic carbocycles. The number of nitrogens with two attached hydrogens (primary N) is 1. The van der Waals surface area contributed by atoms with Crippen LogP contribution >= 0.6 is 0 Å². The van der Waals surface area contributed by atoms with Crippen LogP contribution < -0.4 is 21.9 Å². The van der Waals surface area contributed by atoms with Crippen molar-refractivity contribution >= 4 is 23.2 Å². The first-order chi connectivity index (χ1) is 16.2. The summed E-state index contributed by atoms with van der Waals surface area (Å²) in [6.45, 7) is 2.32. The van der Waals surface area contributed by atoms with Crippen LogP contribution in [0.5, 0.6) is 0 Å². The van der Waals surface area contributed by atoms with E-state index in [4.69, 9.17) is 11.1 Å². The van der Waals surface area contributed by atoms with Gasteiger partial charge in [-0.05, 0) is 31.2 Å². The van der Waals surface area contributed by atoms with Crippen molar-refractivity contribution in [3.05, 3.63) is 82.0 Å². The lowest BCUT2D eigenvalue weighted by atomic mass is 10.1.